The minimum absolute atomic E-state index is 0.102. The Morgan fingerprint density at radius 3 is 3.00 bits per heavy atom. The molecule has 0 bridgehead atoms. The van der Waals surface area contributed by atoms with E-state index < -0.39 is 0 Å². The summed E-state index contributed by atoms with van der Waals surface area (Å²) in [5.41, 5.74) is 2.09. The largest absolute Gasteiger partial charge is 0.338 e. The molecule has 1 fully saturated rings. The molecule has 0 radical (unpaired) electrons. The van der Waals surface area contributed by atoms with E-state index in [4.69, 9.17) is 0 Å². The lowest BCUT2D eigenvalue weighted by molar-refractivity contribution is 0.238. The van der Waals surface area contributed by atoms with Crippen molar-refractivity contribution in [2.24, 2.45) is 5.92 Å². The Morgan fingerprint density at radius 1 is 1.32 bits per heavy atom. The molecule has 2 aromatic rings. The van der Waals surface area contributed by atoms with Gasteiger partial charge in [-0.2, -0.15) is 0 Å². The number of imidazole rings is 1. The van der Waals surface area contributed by atoms with Crippen LogP contribution in [0.25, 0.3) is 5.69 Å². The molecule has 0 saturated carbocycles. The maximum Gasteiger partial charge on any atom is 0.315 e. The van der Waals surface area contributed by atoms with Crippen molar-refractivity contribution in [1.29, 1.82) is 0 Å². The van der Waals surface area contributed by atoms with E-state index in [1.807, 2.05) is 35.0 Å². The van der Waals surface area contributed by atoms with Crippen molar-refractivity contribution in [2.75, 3.05) is 26.2 Å². The fourth-order valence-corrected chi connectivity index (χ4v) is 3.39. The number of para-hydroxylation sites is 1. The summed E-state index contributed by atoms with van der Waals surface area (Å²) in [6.45, 7) is 6.86. The van der Waals surface area contributed by atoms with Gasteiger partial charge in [-0.05, 0) is 43.5 Å². The third-order valence-corrected chi connectivity index (χ3v) is 4.67. The molecule has 1 aliphatic heterocycles. The van der Waals surface area contributed by atoms with Gasteiger partial charge >= 0.3 is 6.03 Å². The van der Waals surface area contributed by atoms with Crippen LogP contribution in [0.3, 0.4) is 0 Å². The second-order valence-electron chi connectivity index (χ2n) is 6.62. The Hall–Kier alpha value is -2.34. The first-order valence-corrected chi connectivity index (χ1v) is 9.06. The van der Waals surface area contributed by atoms with Gasteiger partial charge in [-0.25, -0.2) is 9.78 Å². The average molecular weight is 341 g/mol. The maximum absolute atomic E-state index is 12.1. The van der Waals surface area contributed by atoms with Crippen molar-refractivity contribution >= 4 is 6.03 Å². The lowest BCUT2D eigenvalue weighted by Crippen LogP contribution is -2.38. The standard InChI is InChI=1S/C19H27N5O/c1-2-9-23-10-7-16(14-23)12-21-19(25)22-13-17-5-3-4-6-18(17)24-11-8-20-15-24/h3-6,8,11,15-16H,2,7,9-10,12-14H2,1H3,(H2,21,22,25)/t16-/m0/s1. The number of hydrogen-bond donors (Lipinski definition) is 2. The van der Waals surface area contributed by atoms with Crippen molar-refractivity contribution in [3.63, 3.8) is 0 Å². The minimum atomic E-state index is -0.102. The fourth-order valence-electron chi connectivity index (χ4n) is 3.39. The van der Waals surface area contributed by atoms with E-state index in [9.17, 15) is 4.79 Å². The number of aromatic nitrogens is 2. The van der Waals surface area contributed by atoms with Gasteiger partial charge in [-0.3, -0.25) is 0 Å². The number of benzene rings is 1. The van der Waals surface area contributed by atoms with E-state index in [1.165, 1.54) is 12.8 Å². The lowest BCUT2D eigenvalue weighted by atomic mass is 10.1. The molecule has 0 spiro atoms. The van der Waals surface area contributed by atoms with Crippen molar-refractivity contribution in [3.8, 4) is 5.69 Å². The highest BCUT2D eigenvalue weighted by atomic mass is 16.2. The van der Waals surface area contributed by atoms with E-state index in [-0.39, 0.29) is 6.03 Å². The van der Waals surface area contributed by atoms with Gasteiger partial charge in [0.1, 0.15) is 0 Å². The van der Waals surface area contributed by atoms with Crippen LogP contribution in [0, 0.1) is 5.92 Å². The van der Waals surface area contributed by atoms with Gasteiger partial charge in [-0.1, -0.05) is 25.1 Å². The molecule has 0 aliphatic carbocycles. The normalized spacial score (nSPS) is 17.6. The van der Waals surface area contributed by atoms with E-state index in [0.717, 1.165) is 37.4 Å². The van der Waals surface area contributed by atoms with E-state index in [2.05, 4.69) is 27.4 Å². The number of hydrogen-bond acceptors (Lipinski definition) is 3. The third-order valence-electron chi connectivity index (χ3n) is 4.67. The molecule has 1 aromatic carbocycles. The zero-order valence-corrected chi connectivity index (χ0v) is 14.8. The summed E-state index contributed by atoms with van der Waals surface area (Å²) in [6, 6.07) is 7.92. The highest BCUT2D eigenvalue weighted by molar-refractivity contribution is 5.74. The number of nitrogens with one attached hydrogen (secondary N) is 2. The SMILES string of the molecule is CCCN1CC[C@@H](CNC(=O)NCc2ccccc2-n2ccnc2)C1. The number of carbonyl (C=O) groups is 1. The van der Waals surface area contributed by atoms with Gasteiger partial charge in [0.2, 0.25) is 0 Å². The Kier molecular flexibility index (Phi) is 6.06. The Balaban J connectivity index is 1.46. The Morgan fingerprint density at radius 2 is 2.20 bits per heavy atom. The highest BCUT2D eigenvalue weighted by Crippen LogP contribution is 2.15. The summed E-state index contributed by atoms with van der Waals surface area (Å²) in [7, 11) is 0. The third kappa shape index (κ3) is 4.82. The first-order chi connectivity index (χ1) is 12.3. The molecule has 25 heavy (non-hydrogen) atoms. The topological polar surface area (TPSA) is 62.2 Å². The molecule has 1 atom stereocenters. The number of nitrogens with zero attached hydrogens (tertiary/aromatic N) is 3. The second kappa shape index (κ2) is 8.67. The molecule has 2 amide bonds. The first kappa shape index (κ1) is 17.5. The molecule has 6 heteroatoms. The molecular formula is C19H27N5O. The van der Waals surface area contributed by atoms with E-state index in [0.29, 0.717) is 12.5 Å². The van der Waals surface area contributed by atoms with E-state index >= 15 is 0 Å². The number of urea groups is 1. The van der Waals surface area contributed by atoms with Crippen LogP contribution in [0.5, 0.6) is 0 Å². The molecule has 134 valence electrons. The lowest BCUT2D eigenvalue weighted by Gasteiger charge is -2.15. The summed E-state index contributed by atoms with van der Waals surface area (Å²) < 4.78 is 1.95. The van der Waals surface area contributed by atoms with Crippen molar-refractivity contribution in [3.05, 3.63) is 48.5 Å². The number of amides is 2. The zero-order chi connectivity index (χ0) is 17.5. The van der Waals surface area contributed by atoms with Crippen LogP contribution in [0.15, 0.2) is 43.0 Å². The highest BCUT2D eigenvalue weighted by Gasteiger charge is 2.21. The summed E-state index contributed by atoms with van der Waals surface area (Å²) in [5.74, 6) is 0.565. The van der Waals surface area contributed by atoms with Crippen LogP contribution in [0.2, 0.25) is 0 Å². The summed E-state index contributed by atoms with van der Waals surface area (Å²) in [6.07, 6.45) is 7.78. The Bertz CT molecular complexity index is 670. The molecule has 3 rings (SSSR count). The molecule has 0 unspecified atom stereocenters. The van der Waals surface area contributed by atoms with Gasteiger partial charge in [0.05, 0.1) is 12.0 Å². The van der Waals surface area contributed by atoms with Gasteiger partial charge in [-0.15, -0.1) is 0 Å². The molecule has 2 N–H and O–H groups in total. The fraction of sp³-hybridized carbons (Fsp3) is 0.474. The summed E-state index contributed by atoms with van der Waals surface area (Å²) in [5, 5.41) is 5.98. The van der Waals surface area contributed by atoms with Gasteiger partial charge in [0.25, 0.3) is 0 Å². The van der Waals surface area contributed by atoms with E-state index in [1.54, 1.807) is 12.5 Å². The second-order valence-corrected chi connectivity index (χ2v) is 6.62. The molecule has 1 aliphatic rings. The number of likely N-dealkylation sites (tertiary alicyclic amines) is 1. The van der Waals surface area contributed by atoms with Crippen LogP contribution < -0.4 is 10.6 Å². The van der Waals surface area contributed by atoms with Crippen molar-refractivity contribution < 1.29 is 4.79 Å². The molecule has 2 heterocycles. The molecule has 6 nitrogen and oxygen atoms in total. The minimum Gasteiger partial charge on any atom is -0.338 e. The van der Waals surface area contributed by atoms with Crippen LogP contribution in [0.1, 0.15) is 25.3 Å². The molecule has 1 aromatic heterocycles. The average Bonchev–Trinajstić information content (AvgIpc) is 3.31. The van der Waals surface area contributed by atoms with Crippen molar-refractivity contribution in [2.45, 2.75) is 26.3 Å². The number of rotatable bonds is 7. The maximum atomic E-state index is 12.1. The quantitative estimate of drug-likeness (QED) is 0.813. The zero-order valence-electron chi connectivity index (χ0n) is 14.8. The predicted molar refractivity (Wildman–Crippen MR) is 98.6 cm³/mol. The Labute approximate surface area is 149 Å². The molecule has 1 saturated heterocycles. The van der Waals surface area contributed by atoms with Gasteiger partial charge < -0.3 is 20.1 Å². The van der Waals surface area contributed by atoms with Crippen LogP contribution >= 0.6 is 0 Å². The molecular weight excluding hydrogens is 314 g/mol. The van der Waals surface area contributed by atoms with Crippen LogP contribution in [-0.2, 0) is 6.54 Å². The van der Waals surface area contributed by atoms with Gasteiger partial charge in [0, 0.05) is 32.0 Å². The predicted octanol–water partition coefficient (Wildman–Crippen LogP) is 2.40. The smallest absolute Gasteiger partial charge is 0.315 e. The number of carbonyl (C=O) groups excluding carboxylic acids is 1. The first-order valence-electron chi connectivity index (χ1n) is 9.06. The van der Waals surface area contributed by atoms with Crippen molar-refractivity contribution in [1.82, 2.24) is 25.1 Å². The van der Waals surface area contributed by atoms with Crippen LogP contribution in [-0.4, -0.2) is 46.7 Å². The van der Waals surface area contributed by atoms with Gasteiger partial charge in [0.15, 0.2) is 0 Å². The monoisotopic (exact) mass is 341 g/mol. The summed E-state index contributed by atoms with van der Waals surface area (Å²) in [4.78, 5) is 18.7. The summed E-state index contributed by atoms with van der Waals surface area (Å²) >= 11 is 0. The van der Waals surface area contributed by atoms with Crippen LogP contribution in [0.4, 0.5) is 4.79 Å².